The summed E-state index contributed by atoms with van der Waals surface area (Å²) >= 11 is 0. The molecule has 0 radical (unpaired) electrons. The van der Waals surface area contributed by atoms with Gasteiger partial charge in [-0.05, 0) is 47.0 Å². The van der Waals surface area contributed by atoms with E-state index in [1.165, 1.54) is 6.07 Å². The van der Waals surface area contributed by atoms with Crippen molar-refractivity contribution in [2.75, 3.05) is 0 Å². The third kappa shape index (κ3) is 4.23. The molecule has 0 unspecified atom stereocenters. The maximum Gasteiger partial charge on any atom is 0.524 e. The van der Waals surface area contributed by atoms with Crippen LogP contribution in [0.3, 0.4) is 0 Å². The Morgan fingerprint density at radius 2 is 1.30 bits per heavy atom. The largest absolute Gasteiger partial charge is 0.524 e. The van der Waals surface area contributed by atoms with Crippen molar-refractivity contribution < 1.29 is 18.9 Å². The van der Waals surface area contributed by atoms with Crippen LogP contribution in [0.5, 0.6) is 5.75 Å². The summed E-state index contributed by atoms with van der Waals surface area (Å²) in [7, 11) is -4.77. The lowest BCUT2D eigenvalue weighted by Crippen LogP contribution is -1.95. The van der Waals surface area contributed by atoms with Crippen molar-refractivity contribution in [2.24, 2.45) is 0 Å². The Bertz CT molecular complexity index is 1100. The molecule has 0 atom stereocenters. The molecule has 0 saturated heterocycles. The number of phosphoric ester groups is 1. The molecular weight excluding hydrogens is 363 g/mol. The number of phosphoric acid groups is 1. The number of hydrogen-bond acceptors (Lipinski definition) is 4. The normalized spacial score (nSPS) is 10.7. The molecule has 2 N–H and O–H groups in total. The number of nitrogens with zero attached hydrogens (tertiary/aromatic N) is 2. The Morgan fingerprint density at radius 1 is 0.778 bits per heavy atom. The second-order valence-electron chi connectivity index (χ2n) is 5.64. The molecule has 0 fully saturated rings. The van der Waals surface area contributed by atoms with Gasteiger partial charge in [-0.1, -0.05) is 36.4 Å². The van der Waals surface area contributed by atoms with E-state index in [4.69, 9.17) is 15.0 Å². The van der Waals surface area contributed by atoms with Crippen LogP contribution in [0.25, 0.3) is 22.3 Å². The Morgan fingerprint density at radius 3 is 1.78 bits per heavy atom. The lowest BCUT2D eigenvalue weighted by molar-refractivity contribution is 0.283. The minimum Gasteiger partial charge on any atom is -0.404 e. The van der Waals surface area contributed by atoms with Gasteiger partial charge in [0.1, 0.15) is 5.75 Å². The third-order valence-electron chi connectivity index (χ3n) is 3.87. The van der Waals surface area contributed by atoms with Crippen LogP contribution >= 0.6 is 7.82 Å². The highest BCUT2D eigenvalue weighted by molar-refractivity contribution is 7.46. The summed E-state index contributed by atoms with van der Waals surface area (Å²) in [4.78, 5) is 18.5. The summed E-state index contributed by atoms with van der Waals surface area (Å²) in [6.07, 6.45) is 0. The second-order valence-corrected chi connectivity index (χ2v) is 6.80. The van der Waals surface area contributed by atoms with Gasteiger partial charge < -0.3 is 4.52 Å². The zero-order chi connectivity index (χ0) is 19.4. The standard InChI is InChI=1S/C20H13N2O4P/c21-12-14-4-8-16(9-5-14)18-2-1-3-19(26-27(23,24)25)20(18)17-10-6-15(13-22)7-11-17/h1-11H,(H2,23,24,25). The first kappa shape index (κ1) is 18.4. The summed E-state index contributed by atoms with van der Waals surface area (Å²) in [5.74, 6) is 0.0231. The lowest BCUT2D eigenvalue weighted by Gasteiger charge is -2.16. The summed E-state index contributed by atoms with van der Waals surface area (Å²) in [6, 6.07) is 22.4. The highest BCUT2D eigenvalue weighted by Gasteiger charge is 2.21. The summed E-state index contributed by atoms with van der Waals surface area (Å²) in [5.41, 5.74) is 3.51. The smallest absolute Gasteiger partial charge is 0.404 e. The van der Waals surface area contributed by atoms with Crippen LogP contribution in [0.2, 0.25) is 0 Å². The van der Waals surface area contributed by atoms with Crippen LogP contribution in [0, 0.1) is 22.7 Å². The van der Waals surface area contributed by atoms with Gasteiger partial charge in [0.25, 0.3) is 0 Å². The van der Waals surface area contributed by atoms with Crippen molar-refractivity contribution in [2.45, 2.75) is 0 Å². The Kier molecular flexibility index (Phi) is 5.07. The fourth-order valence-corrected chi connectivity index (χ4v) is 3.12. The molecule has 27 heavy (non-hydrogen) atoms. The molecule has 0 bridgehead atoms. The van der Waals surface area contributed by atoms with Crippen LogP contribution in [0.4, 0.5) is 0 Å². The zero-order valence-electron chi connectivity index (χ0n) is 13.9. The molecule has 0 saturated carbocycles. The molecule has 0 aliphatic heterocycles. The summed E-state index contributed by atoms with van der Waals surface area (Å²) < 4.78 is 16.3. The van der Waals surface area contributed by atoms with E-state index < -0.39 is 7.82 Å². The fourth-order valence-electron chi connectivity index (χ4n) is 2.71. The van der Waals surface area contributed by atoms with Gasteiger partial charge in [-0.15, -0.1) is 0 Å². The van der Waals surface area contributed by atoms with E-state index in [9.17, 15) is 14.4 Å². The number of rotatable bonds is 4. The first-order valence-electron chi connectivity index (χ1n) is 7.80. The monoisotopic (exact) mass is 376 g/mol. The molecule has 0 aliphatic carbocycles. The zero-order valence-corrected chi connectivity index (χ0v) is 14.8. The van der Waals surface area contributed by atoms with E-state index in [0.29, 0.717) is 27.8 Å². The van der Waals surface area contributed by atoms with Crippen molar-refractivity contribution in [1.29, 1.82) is 10.5 Å². The molecular formula is C20H13N2O4P. The molecule has 0 aromatic heterocycles. The van der Waals surface area contributed by atoms with Gasteiger partial charge in [-0.3, -0.25) is 9.79 Å². The third-order valence-corrected chi connectivity index (χ3v) is 4.31. The van der Waals surface area contributed by atoms with Crippen LogP contribution < -0.4 is 4.52 Å². The highest BCUT2D eigenvalue weighted by atomic mass is 31.2. The molecule has 132 valence electrons. The topological polar surface area (TPSA) is 114 Å². The first-order valence-corrected chi connectivity index (χ1v) is 9.33. The van der Waals surface area contributed by atoms with Gasteiger partial charge in [0.15, 0.2) is 0 Å². The maximum atomic E-state index is 11.4. The number of nitriles is 2. The molecule has 0 aliphatic rings. The van der Waals surface area contributed by atoms with E-state index in [1.807, 2.05) is 12.1 Å². The quantitative estimate of drug-likeness (QED) is 0.659. The van der Waals surface area contributed by atoms with Crippen molar-refractivity contribution in [3.63, 3.8) is 0 Å². The van der Waals surface area contributed by atoms with Gasteiger partial charge >= 0.3 is 7.82 Å². The SMILES string of the molecule is N#Cc1ccc(-c2cccc(OP(=O)(O)O)c2-c2ccc(C#N)cc2)cc1. The number of benzene rings is 3. The summed E-state index contributed by atoms with van der Waals surface area (Å²) in [6.45, 7) is 0. The van der Waals surface area contributed by atoms with Crippen LogP contribution in [-0.4, -0.2) is 9.79 Å². The minimum absolute atomic E-state index is 0.0231. The van der Waals surface area contributed by atoms with E-state index >= 15 is 0 Å². The van der Waals surface area contributed by atoms with E-state index in [2.05, 4.69) is 0 Å². The van der Waals surface area contributed by atoms with Gasteiger partial charge in [0.05, 0.1) is 23.3 Å². The van der Waals surface area contributed by atoms with Crippen LogP contribution in [0.15, 0.2) is 66.7 Å². The Balaban J connectivity index is 2.23. The molecule has 7 heteroatoms. The second kappa shape index (κ2) is 7.45. The lowest BCUT2D eigenvalue weighted by atomic mass is 9.93. The molecule has 6 nitrogen and oxygen atoms in total. The maximum absolute atomic E-state index is 11.4. The van der Waals surface area contributed by atoms with Crippen LogP contribution in [-0.2, 0) is 4.57 Å². The van der Waals surface area contributed by atoms with E-state index in [-0.39, 0.29) is 5.75 Å². The van der Waals surface area contributed by atoms with Crippen molar-refractivity contribution in [3.05, 3.63) is 77.9 Å². The fraction of sp³-hybridized carbons (Fsp3) is 0. The molecule has 3 rings (SSSR count). The van der Waals surface area contributed by atoms with E-state index in [0.717, 1.165) is 5.56 Å². The average Bonchev–Trinajstić information content (AvgIpc) is 2.67. The predicted octanol–water partition coefficient (Wildman–Crippen LogP) is 4.24. The van der Waals surface area contributed by atoms with Crippen LogP contribution in [0.1, 0.15) is 11.1 Å². The molecule has 0 spiro atoms. The van der Waals surface area contributed by atoms with Crippen molar-refractivity contribution in [1.82, 2.24) is 0 Å². The highest BCUT2D eigenvalue weighted by Crippen LogP contribution is 2.46. The van der Waals surface area contributed by atoms with Crippen molar-refractivity contribution >= 4 is 7.82 Å². The molecule has 0 amide bonds. The molecule has 0 heterocycles. The Hall–Kier alpha value is -3.41. The molecule has 3 aromatic carbocycles. The van der Waals surface area contributed by atoms with Crippen molar-refractivity contribution in [3.8, 4) is 40.1 Å². The predicted molar refractivity (Wildman–Crippen MR) is 99.4 cm³/mol. The van der Waals surface area contributed by atoms with Gasteiger partial charge in [-0.2, -0.15) is 10.5 Å². The van der Waals surface area contributed by atoms with Gasteiger partial charge in [0, 0.05) is 5.56 Å². The minimum atomic E-state index is -4.77. The Labute approximate surface area is 155 Å². The molecule has 3 aromatic rings. The average molecular weight is 376 g/mol. The van der Waals surface area contributed by atoms with E-state index in [1.54, 1.807) is 60.7 Å². The first-order chi connectivity index (χ1) is 12.9. The summed E-state index contributed by atoms with van der Waals surface area (Å²) in [5, 5.41) is 18.0. The van der Waals surface area contributed by atoms with Gasteiger partial charge in [0.2, 0.25) is 0 Å². The van der Waals surface area contributed by atoms with Gasteiger partial charge in [-0.25, -0.2) is 4.57 Å². The number of hydrogen-bond donors (Lipinski definition) is 2.